The van der Waals surface area contributed by atoms with Crippen LogP contribution in [0, 0.1) is 0 Å². The maximum atomic E-state index is 6.22. The Bertz CT molecular complexity index is 1450. The van der Waals surface area contributed by atoms with Gasteiger partial charge in [0.1, 0.15) is 23.9 Å². The summed E-state index contributed by atoms with van der Waals surface area (Å²) in [5.41, 5.74) is 4.62. The Morgan fingerprint density at radius 2 is 1.77 bits per heavy atom. The van der Waals surface area contributed by atoms with Gasteiger partial charge in [-0.3, -0.25) is 4.90 Å². The first-order valence-electron chi connectivity index (χ1n) is 14.7. The van der Waals surface area contributed by atoms with Gasteiger partial charge in [0.05, 0.1) is 35.8 Å². The van der Waals surface area contributed by atoms with Gasteiger partial charge in [0.15, 0.2) is 0 Å². The molecule has 1 aliphatic carbocycles. The molecule has 3 fully saturated rings. The Morgan fingerprint density at radius 3 is 2.60 bits per heavy atom. The van der Waals surface area contributed by atoms with Gasteiger partial charge in [-0.2, -0.15) is 0 Å². The van der Waals surface area contributed by atoms with Crippen LogP contribution in [-0.2, 0) is 4.74 Å². The standard InChI is InChI=1S/C30H38N8O2/c1-37-10-8-23(9-11-37)40-27-18-31-25-7-2-20(16-26(25)36-27)24-17-32-29-28(24)30(34-19-33-29)35-21-3-5-22(6-4-21)38-12-14-39-15-13-38/h2,7,16-19,21-23H,3-6,8-15H2,1H3,(H2,32,33,34,35). The first-order valence-corrected chi connectivity index (χ1v) is 14.7. The molecule has 0 atom stereocenters. The van der Waals surface area contributed by atoms with Crippen molar-refractivity contribution in [2.24, 2.45) is 0 Å². The lowest BCUT2D eigenvalue weighted by Crippen LogP contribution is -2.46. The summed E-state index contributed by atoms with van der Waals surface area (Å²) >= 11 is 0. The number of hydrogen-bond donors (Lipinski definition) is 2. The van der Waals surface area contributed by atoms with Crippen molar-refractivity contribution in [2.45, 2.75) is 56.7 Å². The number of benzene rings is 1. The highest BCUT2D eigenvalue weighted by atomic mass is 16.5. The SMILES string of the molecule is CN1CCC(Oc2cnc3ccc(-c4c[nH]c5ncnc(NC6CCC(N7CCOCC7)CC6)c45)cc3n2)CC1. The van der Waals surface area contributed by atoms with Crippen molar-refractivity contribution in [3.8, 4) is 17.0 Å². The lowest BCUT2D eigenvalue weighted by molar-refractivity contribution is 0.00791. The number of likely N-dealkylation sites (tertiary alicyclic amines) is 1. The smallest absolute Gasteiger partial charge is 0.233 e. The molecule has 0 bridgehead atoms. The van der Waals surface area contributed by atoms with E-state index in [1.807, 2.05) is 12.3 Å². The molecule has 0 radical (unpaired) electrons. The molecule has 2 N–H and O–H groups in total. The van der Waals surface area contributed by atoms with Gasteiger partial charge in [0.25, 0.3) is 0 Å². The van der Waals surface area contributed by atoms with E-state index < -0.39 is 0 Å². The average Bonchev–Trinajstić information content (AvgIpc) is 3.44. The molecule has 4 aromatic rings. The van der Waals surface area contributed by atoms with Gasteiger partial charge in [-0.15, -0.1) is 0 Å². The number of morpholine rings is 1. The zero-order valence-corrected chi connectivity index (χ0v) is 23.2. The molecule has 10 nitrogen and oxygen atoms in total. The van der Waals surface area contributed by atoms with Gasteiger partial charge in [0, 0.05) is 50.0 Å². The van der Waals surface area contributed by atoms with E-state index in [9.17, 15) is 0 Å². The number of fused-ring (bicyclic) bond motifs is 2. The van der Waals surface area contributed by atoms with Crippen molar-refractivity contribution in [3.05, 3.63) is 36.9 Å². The Labute approximate surface area is 234 Å². The highest BCUT2D eigenvalue weighted by molar-refractivity contribution is 6.02. The van der Waals surface area contributed by atoms with Gasteiger partial charge < -0.3 is 24.7 Å². The van der Waals surface area contributed by atoms with Gasteiger partial charge in [-0.25, -0.2) is 19.9 Å². The number of nitrogens with one attached hydrogen (secondary N) is 2. The van der Waals surface area contributed by atoms with E-state index >= 15 is 0 Å². The number of nitrogens with zero attached hydrogens (tertiary/aromatic N) is 6. The van der Waals surface area contributed by atoms with Crippen LogP contribution in [0.1, 0.15) is 38.5 Å². The lowest BCUT2D eigenvalue weighted by Gasteiger charge is -2.39. The summed E-state index contributed by atoms with van der Waals surface area (Å²) < 4.78 is 11.8. The van der Waals surface area contributed by atoms with Gasteiger partial charge >= 0.3 is 0 Å². The summed E-state index contributed by atoms with van der Waals surface area (Å²) in [5.74, 6) is 1.48. The molecule has 0 amide bonds. The molecular formula is C30H38N8O2. The first-order chi connectivity index (χ1) is 19.7. The number of hydrogen-bond acceptors (Lipinski definition) is 9. The van der Waals surface area contributed by atoms with Crippen LogP contribution in [0.2, 0.25) is 0 Å². The van der Waals surface area contributed by atoms with Crippen molar-refractivity contribution < 1.29 is 9.47 Å². The minimum Gasteiger partial charge on any atom is -0.473 e. The van der Waals surface area contributed by atoms with E-state index in [0.29, 0.717) is 18.0 Å². The van der Waals surface area contributed by atoms with Gasteiger partial charge in [-0.1, -0.05) is 6.07 Å². The molecule has 1 aromatic carbocycles. The van der Waals surface area contributed by atoms with Crippen molar-refractivity contribution in [1.29, 1.82) is 0 Å². The molecule has 210 valence electrons. The Hall–Kier alpha value is -3.34. The largest absolute Gasteiger partial charge is 0.473 e. The number of ether oxygens (including phenoxy) is 2. The van der Waals surface area contributed by atoms with Crippen molar-refractivity contribution in [1.82, 2.24) is 34.7 Å². The quantitative estimate of drug-likeness (QED) is 0.373. The summed E-state index contributed by atoms with van der Waals surface area (Å²) in [6.07, 6.45) is 12.3. The van der Waals surface area contributed by atoms with Crippen LogP contribution in [0.4, 0.5) is 5.82 Å². The molecule has 5 heterocycles. The molecular weight excluding hydrogens is 504 g/mol. The fourth-order valence-corrected chi connectivity index (χ4v) is 6.51. The third-order valence-electron chi connectivity index (χ3n) is 8.85. The zero-order valence-electron chi connectivity index (χ0n) is 23.2. The predicted octanol–water partition coefficient (Wildman–Crippen LogP) is 4.10. The van der Waals surface area contributed by atoms with Crippen molar-refractivity contribution in [3.63, 3.8) is 0 Å². The maximum absolute atomic E-state index is 6.22. The van der Waals surface area contributed by atoms with Crippen molar-refractivity contribution in [2.75, 3.05) is 51.8 Å². The fraction of sp³-hybridized carbons (Fsp3) is 0.533. The van der Waals surface area contributed by atoms with Crippen molar-refractivity contribution >= 4 is 27.9 Å². The second kappa shape index (κ2) is 11.3. The van der Waals surface area contributed by atoms with Crippen LogP contribution in [0.15, 0.2) is 36.9 Å². The summed E-state index contributed by atoms with van der Waals surface area (Å²) in [4.78, 5) is 27.0. The molecule has 2 aliphatic heterocycles. The number of rotatable bonds is 6. The number of piperidine rings is 1. The minimum atomic E-state index is 0.189. The summed E-state index contributed by atoms with van der Waals surface area (Å²) in [6.45, 7) is 5.93. The third kappa shape index (κ3) is 5.35. The molecule has 3 aromatic heterocycles. The molecule has 7 rings (SSSR count). The van der Waals surface area contributed by atoms with Crippen LogP contribution >= 0.6 is 0 Å². The van der Waals surface area contributed by atoms with E-state index in [0.717, 1.165) is 104 Å². The molecule has 40 heavy (non-hydrogen) atoms. The van der Waals surface area contributed by atoms with E-state index in [1.54, 1.807) is 12.5 Å². The predicted molar refractivity (Wildman–Crippen MR) is 156 cm³/mol. The van der Waals surface area contributed by atoms with Gasteiger partial charge in [-0.05, 0) is 63.3 Å². The summed E-state index contributed by atoms with van der Waals surface area (Å²) in [7, 11) is 2.15. The number of H-pyrrole nitrogens is 1. The highest BCUT2D eigenvalue weighted by Crippen LogP contribution is 2.35. The topological polar surface area (TPSA) is 104 Å². The van der Waals surface area contributed by atoms with Crippen LogP contribution in [0.5, 0.6) is 5.88 Å². The number of anilines is 1. The molecule has 3 aliphatic rings. The Morgan fingerprint density at radius 1 is 0.950 bits per heavy atom. The first kappa shape index (κ1) is 25.6. The van der Waals surface area contributed by atoms with Crippen LogP contribution in [0.3, 0.4) is 0 Å². The Balaban J connectivity index is 1.10. The molecule has 2 saturated heterocycles. The van der Waals surface area contributed by atoms with E-state index in [4.69, 9.17) is 19.4 Å². The molecule has 1 saturated carbocycles. The molecule has 10 heteroatoms. The number of aromatic nitrogens is 5. The van der Waals surface area contributed by atoms with E-state index in [1.165, 1.54) is 12.8 Å². The third-order valence-corrected chi connectivity index (χ3v) is 8.85. The second-order valence-electron chi connectivity index (χ2n) is 11.5. The summed E-state index contributed by atoms with van der Waals surface area (Å²) in [6, 6.07) is 7.29. The normalized spacial score (nSPS) is 23.5. The van der Waals surface area contributed by atoms with E-state index in [2.05, 4.69) is 49.2 Å². The van der Waals surface area contributed by atoms with E-state index in [-0.39, 0.29) is 6.10 Å². The fourth-order valence-electron chi connectivity index (χ4n) is 6.51. The second-order valence-corrected chi connectivity index (χ2v) is 11.5. The van der Waals surface area contributed by atoms with Crippen LogP contribution in [0.25, 0.3) is 33.2 Å². The maximum Gasteiger partial charge on any atom is 0.233 e. The minimum absolute atomic E-state index is 0.189. The number of aromatic amines is 1. The summed E-state index contributed by atoms with van der Waals surface area (Å²) in [5, 5.41) is 4.79. The highest BCUT2D eigenvalue weighted by Gasteiger charge is 2.28. The monoisotopic (exact) mass is 542 g/mol. The average molecular weight is 543 g/mol. The van der Waals surface area contributed by atoms with Crippen LogP contribution < -0.4 is 10.1 Å². The molecule has 0 spiro atoms. The zero-order chi connectivity index (χ0) is 26.9. The Kier molecular flexibility index (Phi) is 7.22. The lowest BCUT2D eigenvalue weighted by atomic mass is 9.90. The van der Waals surface area contributed by atoms with Crippen LogP contribution in [-0.4, -0.2) is 99.3 Å². The van der Waals surface area contributed by atoms with Gasteiger partial charge in [0.2, 0.25) is 5.88 Å². The molecule has 0 unspecified atom stereocenters.